The molecule has 0 aromatic rings. The second-order valence-corrected chi connectivity index (χ2v) is 2.15. The van der Waals surface area contributed by atoms with E-state index in [4.69, 9.17) is 10.3 Å². The first kappa shape index (κ1) is 7.84. The van der Waals surface area contributed by atoms with Gasteiger partial charge in [-0.25, -0.2) is 0 Å². The maximum Gasteiger partial charge on any atom is 0.246 e. The molecule has 0 aromatic heterocycles. The summed E-state index contributed by atoms with van der Waals surface area (Å²) >= 11 is 0. The molecule has 1 aliphatic heterocycles. The van der Waals surface area contributed by atoms with Gasteiger partial charge in [-0.2, -0.15) is 0 Å². The number of hydrogen-bond acceptors (Lipinski definition) is 3. The van der Waals surface area contributed by atoms with Gasteiger partial charge in [0.15, 0.2) is 0 Å². The molecule has 1 rings (SSSR count). The van der Waals surface area contributed by atoms with Crippen LogP contribution in [0.2, 0.25) is 0 Å². The van der Waals surface area contributed by atoms with Crippen molar-refractivity contribution in [3.63, 3.8) is 0 Å². The summed E-state index contributed by atoms with van der Waals surface area (Å²) in [4.78, 5) is 13.1. The van der Waals surface area contributed by atoms with E-state index in [2.05, 4.69) is 15.3 Å². The third-order valence-corrected chi connectivity index (χ3v) is 1.33. The molecule has 1 saturated heterocycles. The van der Waals surface area contributed by atoms with E-state index < -0.39 is 0 Å². The van der Waals surface area contributed by atoms with Gasteiger partial charge in [0.1, 0.15) is 6.61 Å². The fourth-order valence-corrected chi connectivity index (χ4v) is 0.776. The number of amides is 1. The van der Waals surface area contributed by atoms with Crippen molar-refractivity contribution in [3.8, 4) is 0 Å². The first-order valence-electron chi connectivity index (χ1n) is 3.22. The highest BCUT2D eigenvalue weighted by atomic mass is 16.5. The van der Waals surface area contributed by atoms with Crippen molar-refractivity contribution < 1.29 is 9.53 Å². The van der Waals surface area contributed by atoms with E-state index in [1.807, 2.05) is 0 Å². The molecule has 6 nitrogen and oxygen atoms in total. The third-order valence-electron chi connectivity index (χ3n) is 1.33. The smallest absolute Gasteiger partial charge is 0.246 e. The molecule has 1 atom stereocenters. The van der Waals surface area contributed by atoms with E-state index in [1.165, 1.54) is 0 Å². The molecule has 60 valence electrons. The molecule has 0 aliphatic carbocycles. The lowest BCUT2D eigenvalue weighted by molar-refractivity contribution is -0.132. The quantitative estimate of drug-likeness (QED) is 0.341. The lowest BCUT2D eigenvalue weighted by Crippen LogP contribution is -2.44. The van der Waals surface area contributed by atoms with Crippen molar-refractivity contribution in [2.75, 3.05) is 19.7 Å². The molecule has 0 bridgehead atoms. The van der Waals surface area contributed by atoms with Crippen LogP contribution in [0.15, 0.2) is 5.11 Å². The Morgan fingerprint density at radius 1 is 1.91 bits per heavy atom. The Labute approximate surface area is 63.2 Å². The van der Waals surface area contributed by atoms with Crippen molar-refractivity contribution in [3.05, 3.63) is 10.4 Å². The number of rotatable bonds is 2. The van der Waals surface area contributed by atoms with Gasteiger partial charge < -0.3 is 10.1 Å². The van der Waals surface area contributed by atoms with E-state index in [-0.39, 0.29) is 25.2 Å². The molecule has 0 saturated carbocycles. The van der Waals surface area contributed by atoms with E-state index >= 15 is 0 Å². The predicted molar refractivity (Wildman–Crippen MR) is 36.8 cm³/mol. The van der Waals surface area contributed by atoms with Gasteiger partial charge in [-0.05, 0) is 5.53 Å². The Hall–Kier alpha value is -1.26. The SMILES string of the molecule is [N-]=[N+]=NCC1CNC(=O)CO1. The molecule has 1 fully saturated rings. The van der Waals surface area contributed by atoms with Gasteiger partial charge in [0.25, 0.3) is 0 Å². The van der Waals surface area contributed by atoms with Gasteiger partial charge >= 0.3 is 0 Å². The van der Waals surface area contributed by atoms with Crippen molar-refractivity contribution in [2.24, 2.45) is 5.11 Å². The molecule has 11 heavy (non-hydrogen) atoms. The first-order chi connectivity index (χ1) is 5.33. The number of nitrogens with one attached hydrogen (secondary N) is 1. The van der Waals surface area contributed by atoms with Crippen LogP contribution < -0.4 is 5.32 Å². The highest BCUT2D eigenvalue weighted by Gasteiger charge is 2.16. The molecule has 1 aliphatic rings. The van der Waals surface area contributed by atoms with Crippen molar-refractivity contribution in [1.29, 1.82) is 0 Å². The number of azide groups is 1. The van der Waals surface area contributed by atoms with Gasteiger partial charge in [0, 0.05) is 11.5 Å². The molecule has 6 heteroatoms. The number of carbonyl (C=O) groups is 1. The minimum Gasteiger partial charge on any atom is -0.366 e. The molecule has 1 heterocycles. The van der Waals surface area contributed by atoms with E-state index in [1.54, 1.807) is 0 Å². The Morgan fingerprint density at radius 3 is 3.27 bits per heavy atom. The Kier molecular flexibility index (Phi) is 2.71. The summed E-state index contributed by atoms with van der Waals surface area (Å²) in [5.74, 6) is -0.123. The Balaban J connectivity index is 2.27. The molecule has 0 radical (unpaired) electrons. The molecule has 1 unspecified atom stereocenters. The lowest BCUT2D eigenvalue weighted by Gasteiger charge is -2.21. The van der Waals surface area contributed by atoms with Crippen molar-refractivity contribution in [2.45, 2.75) is 6.10 Å². The summed E-state index contributed by atoms with van der Waals surface area (Å²) in [7, 11) is 0. The van der Waals surface area contributed by atoms with Gasteiger partial charge in [0.05, 0.1) is 12.6 Å². The number of hydrogen-bond donors (Lipinski definition) is 1. The molecule has 1 amide bonds. The van der Waals surface area contributed by atoms with Crippen LogP contribution in [0.4, 0.5) is 0 Å². The molecular weight excluding hydrogens is 148 g/mol. The highest BCUT2D eigenvalue weighted by Crippen LogP contribution is 1.96. The fraction of sp³-hybridized carbons (Fsp3) is 0.800. The summed E-state index contributed by atoms with van der Waals surface area (Å²) in [6.45, 7) is 0.764. The maximum absolute atomic E-state index is 10.5. The van der Waals surface area contributed by atoms with Crippen molar-refractivity contribution in [1.82, 2.24) is 5.32 Å². The molecular formula is C5H8N4O2. The largest absolute Gasteiger partial charge is 0.366 e. The second kappa shape index (κ2) is 3.80. The minimum atomic E-state index is -0.163. The van der Waals surface area contributed by atoms with Crippen molar-refractivity contribution >= 4 is 5.91 Å². The number of ether oxygens (including phenoxy) is 1. The summed E-state index contributed by atoms with van der Waals surface area (Å²) in [6.07, 6.45) is -0.163. The van der Waals surface area contributed by atoms with Crippen LogP contribution in [0.1, 0.15) is 0 Å². The fourth-order valence-electron chi connectivity index (χ4n) is 0.776. The van der Waals surface area contributed by atoms with Crippen LogP contribution in [0.25, 0.3) is 10.4 Å². The third kappa shape index (κ3) is 2.45. The topological polar surface area (TPSA) is 87.1 Å². The Morgan fingerprint density at radius 2 is 2.73 bits per heavy atom. The first-order valence-corrected chi connectivity index (χ1v) is 3.22. The summed E-state index contributed by atoms with van der Waals surface area (Å²) < 4.78 is 5.02. The normalized spacial score (nSPS) is 23.6. The average molecular weight is 156 g/mol. The monoisotopic (exact) mass is 156 g/mol. The maximum atomic E-state index is 10.5. The van der Waals surface area contributed by atoms with Gasteiger partial charge in [-0.15, -0.1) is 0 Å². The van der Waals surface area contributed by atoms with E-state index in [9.17, 15) is 4.79 Å². The van der Waals surface area contributed by atoms with Gasteiger partial charge in [0.2, 0.25) is 5.91 Å². The highest BCUT2D eigenvalue weighted by molar-refractivity contribution is 5.77. The Bertz CT molecular complexity index is 189. The van der Waals surface area contributed by atoms with E-state index in [0.29, 0.717) is 6.54 Å². The van der Waals surface area contributed by atoms with Crippen LogP contribution in [0.5, 0.6) is 0 Å². The number of carbonyl (C=O) groups excluding carboxylic acids is 1. The van der Waals surface area contributed by atoms with Crippen LogP contribution in [0.3, 0.4) is 0 Å². The number of nitrogens with zero attached hydrogens (tertiary/aromatic N) is 3. The summed E-state index contributed by atoms with van der Waals surface area (Å²) in [6, 6.07) is 0. The lowest BCUT2D eigenvalue weighted by atomic mass is 10.3. The van der Waals surface area contributed by atoms with E-state index in [0.717, 1.165) is 0 Å². The van der Waals surface area contributed by atoms with Gasteiger partial charge in [-0.1, -0.05) is 5.11 Å². The average Bonchev–Trinajstić information content (AvgIpc) is 2.04. The van der Waals surface area contributed by atoms with Gasteiger partial charge in [-0.3, -0.25) is 4.79 Å². The second-order valence-electron chi connectivity index (χ2n) is 2.15. The van der Waals surface area contributed by atoms with Crippen LogP contribution in [-0.2, 0) is 9.53 Å². The summed E-state index contributed by atoms with van der Waals surface area (Å²) in [5, 5.41) is 5.92. The predicted octanol–water partition coefficient (Wildman–Crippen LogP) is -0.188. The zero-order valence-corrected chi connectivity index (χ0v) is 5.86. The minimum absolute atomic E-state index is 0.0611. The summed E-state index contributed by atoms with van der Waals surface area (Å²) in [5.41, 5.74) is 7.96. The molecule has 0 spiro atoms. The van der Waals surface area contributed by atoms with Crippen LogP contribution in [-0.4, -0.2) is 31.7 Å². The molecule has 0 aromatic carbocycles. The molecule has 1 N–H and O–H groups in total. The zero-order valence-electron chi connectivity index (χ0n) is 5.86. The number of morpholine rings is 1. The zero-order chi connectivity index (χ0) is 8.10. The standard InChI is InChI=1S/C5H8N4O2/c6-9-8-2-4-1-7-5(10)3-11-4/h4H,1-3H2,(H,7,10). The van der Waals surface area contributed by atoms with Crippen LogP contribution in [0, 0.1) is 0 Å². The van der Waals surface area contributed by atoms with Crippen LogP contribution >= 0.6 is 0 Å².